The molecule has 2 unspecified atom stereocenters. The van der Waals surface area contributed by atoms with Crippen LogP contribution in [0.2, 0.25) is 0 Å². The normalized spacial score (nSPS) is 21.7. The summed E-state index contributed by atoms with van der Waals surface area (Å²) in [6, 6.07) is 10.7. The number of nitrogens with zero attached hydrogens (tertiary/aromatic N) is 2. The molecule has 1 fully saturated rings. The smallest absolute Gasteiger partial charge is 0.229 e. The molecule has 0 spiro atoms. The first-order valence-corrected chi connectivity index (χ1v) is 7.67. The van der Waals surface area contributed by atoms with Gasteiger partial charge in [-0.15, -0.1) is 0 Å². The third-order valence-corrected chi connectivity index (χ3v) is 4.26. The predicted octanol–water partition coefficient (Wildman–Crippen LogP) is 2.54. The zero-order valence-electron chi connectivity index (χ0n) is 13.3. The van der Waals surface area contributed by atoms with E-state index < -0.39 is 0 Å². The molecule has 1 aliphatic carbocycles. The van der Waals surface area contributed by atoms with Gasteiger partial charge in [-0.1, -0.05) is 18.2 Å². The highest BCUT2D eigenvalue weighted by molar-refractivity contribution is 5.94. The second kappa shape index (κ2) is 7.57. The van der Waals surface area contributed by atoms with Crippen LogP contribution in [0, 0.1) is 0 Å². The van der Waals surface area contributed by atoms with Crippen LogP contribution in [-0.2, 0) is 9.53 Å². The lowest BCUT2D eigenvalue weighted by Gasteiger charge is -2.36. The Morgan fingerprint density at radius 3 is 2.48 bits per heavy atom. The van der Waals surface area contributed by atoms with E-state index in [-0.39, 0.29) is 11.9 Å². The van der Waals surface area contributed by atoms with Gasteiger partial charge in [0.2, 0.25) is 5.91 Å². The molecule has 0 bridgehead atoms. The maximum atomic E-state index is 12.7. The Labute approximate surface area is 127 Å². The summed E-state index contributed by atoms with van der Waals surface area (Å²) in [5, 5.41) is 0. The molecule has 4 heteroatoms. The van der Waals surface area contributed by atoms with Crippen LogP contribution >= 0.6 is 0 Å². The number of ether oxygens (including phenoxy) is 1. The van der Waals surface area contributed by atoms with Crippen molar-refractivity contribution in [2.45, 2.75) is 37.8 Å². The minimum Gasteiger partial charge on any atom is -0.384 e. The molecule has 0 aliphatic heterocycles. The summed E-state index contributed by atoms with van der Waals surface area (Å²) in [6.07, 6.45) is 3.82. The van der Waals surface area contributed by atoms with Gasteiger partial charge in [-0.05, 0) is 45.5 Å². The van der Waals surface area contributed by atoms with Gasteiger partial charge in [0.25, 0.3) is 0 Å². The molecule has 2 rings (SSSR count). The summed E-state index contributed by atoms with van der Waals surface area (Å²) in [5.74, 6) is 0.154. The molecule has 0 heterocycles. The third kappa shape index (κ3) is 3.83. The summed E-state index contributed by atoms with van der Waals surface area (Å²) in [5.41, 5.74) is 0.998. The Hall–Kier alpha value is -1.39. The van der Waals surface area contributed by atoms with Crippen molar-refractivity contribution in [2.75, 3.05) is 32.7 Å². The summed E-state index contributed by atoms with van der Waals surface area (Å²) >= 11 is 0. The zero-order chi connectivity index (χ0) is 15.2. The van der Waals surface area contributed by atoms with Crippen molar-refractivity contribution in [3.05, 3.63) is 30.3 Å². The summed E-state index contributed by atoms with van der Waals surface area (Å²) < 4.78 is 5.08. The van der Waals surface area contributed by atoms with E-state index in [1.165, 1.54) is 6.42 Å². The van der Waals surface area contributed by atoms with Gasteiger partial charge >= 0.3 is 0 Å². The summed E-state index contributed by atoms with van der Waals surface area (Å²) in [4.78, 5) is 16.9. The fourth-order valence-electron chi connectivity index (χ4n) is 3.24. The van der Waals surface area contributed by atoms with Crippen LogP contribution in [0.4, 0.5) is 5.69 Å². The first-order valence-electron chi connectivity index (χ1n) is 7.67. The molecule has 1 saturated carbocycles. The SMILES string of the molecule is COCCC(=O)N(c1ccccc1)C1CCCC1N(C)C. The van der Waals surface area contributed by atoms with Crippen LogP contribution in [0.5, 0.6) is 0 Å². The van der Waals surface area contributed by atoms with Crippen LogP contribution in [-0.4, -0.2) is 50.7 Å². The van der Waals surface area contributed by atoms with Crippen molar-refractivity contribution in [3.8, 4) is 0 Å². The first kappa shape index (κ1) is 16.0. The molecular formula is C17H26N2O2. The number of hydrogen-bond acceptors (Lipinski definition) is 3. The van der Waals surface area contributed by atoms with E-state index >= 15 is 0 Å². The van der Waals surface area contributed by atoms with E-state index in [2.05, 4.69) is 19.0 Å². The van der Waals surface area contributed by atoms with E-state index in [0.29, 0.717) is 19.1 Å². The van der Waals surface area contributed by atoms with Gasteiger partial charge in [-0.25, -0.2) is 0 Å². The van der Waals surface area contributed by atoms with Crippen LogP contribution in [0.1, 0.15) is 25.7 Å². The number of para-hydroxylation sites is 1. The number of benzene rings is 1. The average molecular weight is 290 g/mol. The van der Waals surface area contributed by atoms with E-state index in [4.69, 9.17) is 4.74 Å². The quantitative estimate of drug-likeness (QED) is 0.807. The van der Waals surface area contributed by atoms with Crippen LogP contribution in [0.15, 0.2) is 30.3 Å². The number of amides is 1. The molecule has 0 saturated heterocycles. The number of carbonyl (C=O) groups is 1. The molecule has 1 aromatic carbocycles. The number of carbonyl (C=O) groups excluding carboxylic acids is 1. The zero-order valence-corrected chi connectivity index (χ0v) is 13.3. The topological polar surface area (TPSA) is 32.8 Å². The average Bonchev–Trinajstić information content (AvgIpc) is 2.96. The fraction of sp³-hybridized carbons (Fsp3) is 0.588. The van der Waals surface area contributed by atoms with Gasteiger partial charge < -0.3 is 14.5 Å². The maximum absolute atomic E-state index is 12.7. The first-order chi connectivity index (χ1) is 10.1. The van der Waals surface area contributed by atoms with Crippen molar-refractivity contribution >= 4 is 11.6 Å². The lowest BCUT2D eigenvalue weighted by molar-refractivity contribution is -0.120. The molecule has 4 nitrogen and oxygen atoms in total. The van der Waals surface area contributed by atoms with Crippen LogP contribution in [0.25, 0.3) is 0 Å². The number of anilines is 1. The van der Waals surface area contributed by atoms with Gasteiger partial charge in [0.05, 0.1) is 19.1 Å². The highest BCUT2D eigenvalue weighted by Gasteiger charge is 2.36. The molecule has 116 valence electrons. The standard InChI is InChI=1S/C17H26N2O2/c1-18(2)15-10-7-11-16(15)19(17(20)12-13-21-3)14-8-5-4-6-9-14/h4-6,8-9,15-16H,7,10-13H2,1-3H3. The summed E-state index contributed by atoms with van der Waals surface area (Å²) in [7, 11) is 5.84. The van der Waals surface area contributed by atoms with E-state index in [1.54, 1.807) is 7.11 Å². The molecule has 1 amide bonds. The van der Waals surface area contributed by atoms with Crippen LogP contribution < -0.4 is 4.90 Å². The molecule has 21 heavy (non-hydrogen) atoms. The number of likely N-dealkylation sites (N-methyl/N-ethyl adjacent to an activating group) is 1. The Morgan fingerprint density at radius 2 is 1.86 bits per heavy atom. The lowest BCUT2D eigenvalue weighted by atomic mass is 10.1. The highest BCUT2D eigenvalue weighted by Crippen LogP contribution is 2.31. The van der Waals surface area contributed by atoms with Gasteiger partial charge in [0.1, 0.15) is 0 Å². The predicted molar refractivity (Wildman–Crippen MR) is 85.5 cm³/mol. The van der Waals surface area contributed by atoms with E-state index in [9.17, 15) is 4.79 Å². The number of rotatable bonds is 6. The van der Waals surface area contributed by atoms with Gasteiger partial charge in [-0.2, -0.15) is 0 Å². The minimum atomic E-state index is 0.154. The maximum Gasteiger partial charge on any atom is 0.229 e. The lowest BCUT2D eigenvalue weighted by Crippen LogP contribution is -2.49. The fourth-order valence-corrected chi connectivity index (χ4v) is 3.24. The molecule has 2 atom stereocenters. The van der Waals surface area contributed by atoms with Gasteiger partial charge in [0.15, 0.2) is 0 Å². The number of methoxy groups -OCH3 is 1. The van der Waals surface area contributed by atoms with E-state index in [0.717, 1.165) is 18.5 Å². The Balaban J connectivity index is 2.25. The van der Waals surface area contributed by atoms with Crippen molar-refractivity contribution in [2.24, 2.45) is 0 Å². The van der Waals surface area contributed by atoms with Crippen molar-refractivity contribution < 1.29 is 9.53 Å². The summed E-state index contributed by atoms with van der Waals surface area (Å²) in [6.45, 7) is 0.474. The number of hydrogen-bond donors (Lipinski definition) is 0. The second-order valence-corrected chi connectivity index (χ2v) is 5.87. The van der Waals surface area contributed by atoms with Gasteiger partial charge in [0, 0.05) is 18.8 Å². The van der Waals surface area contributed by atoms with Crippen molar-refractivity contribution in [1.82, 2.24) is 4.90 Å². The highest BCUT2D eigenvalue weighted by atomic mass is 16.5. The van der Waals surface area contributed by atoms with Crippen molar-refractivity contribution in [3.63, 3.8) is 0 Å². The molecule has 0 radical (unpaired) electrons. The Kier molecular flexibility index (Phi) is 5.76. The van der Waals surface area contributed by atoms with Crippen LogP contribution in [0.3, 0.4) is 0 Å². The molecule has 0 aromatic heterocycles. The molecule has 0 N–H and O–H groups in total. The molecule has 1 aliphatic rings. The largest absolute Gasteiger partial charge is 0.384 e. The second-order valence-electron chi connectivity index (χ2n) is 5.87. The van der Waals surface area contributed by atoms with Gasteiger partial charge in [-0.3, -0.25) is 4.79 Å². The van der Waals surface area contributed by atoms with Crippen molar-refractivity contribution in [1.29, 1.82) is 0 Å². The Bertz CT molecular complexity index is 447. The van der Waals surface area contributed by atoms with E-state index in [1.807, 2.05) is 35.2 Å². The monoisotopic (exact) mass is 290 g/mol. The molecule has 1 aromatic rings. The Morgan fingerprint density at radius 1 is 1.19 bits per heavy atom. The third-order valence-electron chi connectivity index (χ3n) is 4.26. The molecular weight excluding hydrogens is 264 g/mol. The minimum absolute atomic E-state index is 0.154.